The Kier molecular flexibility index (Phi) is 2.32. The third kappa shape index (κ3) is 1.68. The highest BCUT2D eigenvalue weighted by Crippen LogP contribution is 2.36. The number of carbonyl (C=O) groups excluding carboxylic acids is 1. The van der Waals surface area contributed by atoms with Crippen molar-refractivity contribution in [2.75, 3.05) is 0 Å². The molecule has 0 fully saturated rings. The summed E-state index contributed by atoms with van der Waals surface area (Å²) >= 11 is 0. The van der Waals surface area contributed by atoms with Gasteiger partial charge < -0.3 is 0 Å². The van der Waals surface area contributed by atoms with E-state index in [1.54, 1.807) is 6.08 Å². The Bertz CT molecular complexity index is 586. The van der Waals surface area contributed by atoms with Gasteiger partial charge in [0.05, 0.1) is 0 Å². The second-order valence-corrected chi connectivity index (χ2v) is 4.63. The first-order valence-electron chi connectivity index (χ1n) is 5.99. The van der Waals surface area contributed by atoms with E-state index in [0.29, 0.717) is 0 Å². The van der Waals surface area contributed by atoms with E-state index in [0.717, 1.165) is 29.5 Å². The van der Waals surface area contributed by atoms with Gasteiger partial charge in [-0.25, -0.2) is 0 Å². The van der Waals surface area contributed by atoms with Crippen molar-refractivity contribution in [1.29, 1.82) is 0 Å². The van der Waals surface area contributed by atoms with Crippen molar-refractivity contribution in [1.82, 2.24) is 0 Å². The largest absolute Gasteiger partial charge is 0.289 e. The van der Waals surface area contributed by atoms with Gasteiger partial charge in [0.25, 0.3) is 0 Å². The smallest absolute Gasteiger partial charge is 0.187 e. The summed E-state index contributed by atoms with van der Waals surface area (Å²) in [5.41, 5.74) is 5.57. The van der Waals surface area contributed by atoms with Crippen LogP contribution in [-0.2, 0) is 0 Å². The number of rotatable bonds is 1. The highest BCUT2D eigenvalue weighted by molar-refractivity contribution is 6.18. The zero-order valence-corrected chi connectivity index (χ0v) is 9.86. The Morgan fingerprint density at radius 1 is 1.18 bits per heavy atom. The lowest BCUT2D eigenvalue weighted by Crippen LogP contribution is -1.93. The van der Waals surface area contributed by atoms with Gasteiger partial charge in [0.1, 0.15) is 0 Å². The summed E-state index contributed by atoms with van der Waals surface area (Å²) in [6, 6.07) is 6.06. The van der Waals surface area contributed by atoms with Gasteiger partial charge in [0.2, 0.25) is 0 Å². The minimum Gasteiger partial charge on any atom is -0.289 e. The van der Waals surface area contributed by atoms with Crippen LogP contribution < -0.4 is 0 Å². The molecule has 0 heterocycles. The van der Waals surface area contributed by atoms with Gasteiger partial charge in [0.15, 0.2) is 5.78 Å². The molecule has 0 radical (unpaired) electrons. The molecule has 0 saturated heterocycles. The Morgan fingerprint density at radius 2 is 2.06 bits per heavy atom. The van der Waals surface area contributed by atoms with E-state index >= 15 is 0 Å². The van der Waals surface area contributed by atoms with Crippen molar-refractivity contribution in [3.05, 3.63) is 64.8 Å². The fourth-order valence-corrected chi connectivity index (χ4v) is 2.48. The number of benzene rings is 1. The van der Waals surface area contributed by atoms with E-state index in [1.165, 1.54) is 11.1 Å². The standard InChI is InChI=1S/C16H14O/c1-11-7-8-13-15(9-11)14(10-16(13)17)12-5-3-2-4-6-12/h2-3,5,7-10H,4,6H2,1H3. The fourth-order valence-electron chi connectivity index (χ4n) is 2.48. The number of fused-ring (bicyclic) bond motifs is 1. The van der Waals surface area contributed by atoms with E-state index in [2.05, 4.69) is 31.2 Å². The maximum atomic E-state index is 11.9. The highest BCUT2D eigenvalue weighted by atomic mass is 16.1. The molecule has 0 aliphatic heterocycles. The predicted molar refractivity (Wildman–Crippen MR) is 69.9 cm³/mol. The molecule has 0 bridgehead atoms. The molecule has 2 aliphatic carbocycles. The van der Waals surface area contributed by atoms with Crippen LogP contribution in [0.25, 0.3) is 5.57 Å². The number of allylic oxidation sites excluding steroid dienone is 6. The van der Waals surface area contributed by atoms with Gasteiger partial charge in [-0.2, -0.15) is 0 Å². The van der Waals surface area contributed by atoms with Crippen LogP contribution in [0.4, 0.5) is 0 Å². The molecule has 1 nitrogen and oxygen atoms in total. The number of hydrogen-bond donors (Lipinski definition) is 0. The molecule has 2 aliphatic rings. The van der Waals surface area contributed by atoms with Crippen molar-refractivity contribution in [3.8, 4) is 0 Å². The van der Waals surface area contributed by atoms with Gasteiger partial charge in [0, 0.05) is 5.56 Å². The van der Waals surface area contributed by atoms with Crippen molar-refractivity contribution in [2.24, 2.45) is 0 Å². The van der Waals surface area contributed by atoms with Crippen LogP contribution in [-0.4, -0.2) is 5.78 Å². The van der Waals surface area contributed by atoms with Crippen LogP contribution in [0.1, 0.15) is 34.3 Å². The number of hydrogen-bond acceptors (Lipinski definition) is 1. The average molecular weight is 222 g/mol. The summed E-state index contributed by atoms with van der Waals surface area (Å²) in [5, 5.41) is 0. The van der Waals surface area contributed by atoms with Crippen molar-refractivity contribution in [2.45, 2.75) is 19.8 Å². The average Bonchev–Trinajstić information content (AvgIpc) is 2.67. The van der Waals surface area contributed by atoms with Gasteiger partial charge in [-0.05, 0) is 42.6 Å². The Labute approximate surface area is 101 Å². The van der Waals surface area contributed by atoms with E-state index in [-0.39, 0.29) is 5.78 Å². The SMILES string of the molecule is Cc1ccc2c(c1)C(C1=CC=CCC1)=CC2=O. The minimum atomic E-state index is 0.144. The molecule has 0 N–H and O–H groups in total. The third-order valence-electron chi connectivity index (χ3n) is 3.37. The maximum Gasteiger partial charge on any atom is 0.187 e. The predicted octanol–water partition coefficient (Wildman–Crippen LogP) is 3.85. The zero-order valence-electron chi connectivity index (χ0n) is 9.86. The second-order valence-electron chi connectivity index (χ2n) is 4.63. The van der Waals surface area contributed by atoms with Crippen LogP contribution in [0.5, 0.6) is 0 Å². The first kappa shape index (κ1) is 10.3. The first-order chi connectivity index (χ1) is 8.25. The minimum absolute atomic E-state index is 0.144. The number of carbonyl (C=O) groups is 1. The molecule has 84 valence electrons. The molecular weight excluding hydrogens is 208 g/mol. The quantitative estimate of drug-likeness (QED) is 0.705. The van der Waals surface area contributed by atoms with E-state index in [9.17, 15) is 4.79 Å². The zero-order chi connectivity index (χ0) is 11.8. The van der Waals surface area contributed by atoms with Crippen molar-refractivity contribution < 1.29 is 4.79 Å². The molecule has 1 aromatic rings. The molecule has 0 saturated carbocycles. The van der Waals surface area contributed by atoms with E-state index in [4.69, 9.17) is 0 Å². The van der Waals surface area contributed by atoms with Gasteiger partial charge in [-0.3, -0.25) is 4.79 Å². The first-order valence-corrected chi connectivity index (χ1v) is 5.99. The molecular formula is C16H14O. The molecule has 0 unspecified atom stereocenters. The monoisotopic (exact) mass is 222 g/mol. The summed E-state index contributed by atoms with van der Waals surface area (Å²) in [7, 11) is 0. The van der Waals surface area contributed by atoms with Crippen molar-refractivity contribution >= 4 is 11.4 Å². The van der Waals surface area contributed by atoms with Gasteiger partial charge in [-0.1, -0.05) is 42.0 Å². The molecule has 1 aromatic carbocycles. The summed E-state index contributed by atoms with van der Waals surface area (Å²) < 4.78 is 0. The van der Waals surface area contributed by atoms with Crippen LogP contribution in [0.3, 0.4) is 0 Å². The molecule has 0 spiro atoms. The van der Waals surface area contributed by atoms with E-state index < -0.39 is 0 Å². The lowest BCUT2D eigenvalue weighted by Gasteiger charge is -2.12. The summed E-state index contributed by atoms with van der Waals surface area (Å²) in [4.78, 5) is 11.9. The second kappa shape index (κ2) is 3.85. The van der Waals surface area contributed by atoms with E-state index in [1.807, 2.05) is 12.1 Å². The van der Waals surface area contributed by atoms with Crippen LogP contribution in [0, 0.1) is 6.92 Å². The highest BCUT2D eigenvalue weighted by Gasteiger charge is 2.23. The van der Waals surface area contributed by atoms with Crippen LogP contribution in [0.15, 0.2) is 48.1 Å². The van der Waals surface area contributed by atoms with Crippen molar-refractivity contribution in [3.63, 3.8) is 0 Å². The normalized spacial score (nSPS) is 17.8. The summed E-state index contributed by atoms with van der Waals surface area (Å²) in [6.45, 7) is 2.07. The van der Waals surface area contributed by atoms with Crippen LogP contribution in [0.2, 0.25) is 0 Å². The number of aryl methyl sites for hydroxylation is 1. The molecule has 0 atom stereocenters. The molecule has 3 rings (SSSR count). The number of ketones is 1. The molecule has 1 heteroatoms. The Morgan fingerprint density at radius 3 is 2.82 bits per heavy atom. The molecule has 17 heavy (non-hydrogen) atoms. The van der Waals surface area contributed by atoms with Gasteiger partial charge >= 0.3 is 0 Å². The van der Waals surface area contributed by atoms with Gasteiger partial charge in [-0.15, -0.1) is 0 Å². The van der Waals surface area contributed by atoms with Crippen LogP contribution >= 0.6 is 0 Å². The Hall–Kier alpha value is -1.89. The fraction of sp³-hybridized carbons (Fsp3) is 0.188. The maximum absolute atomic E-state index is 11.9. The molecule has 0 aromatic heterocycles. The topological polar surface area (TPSA) is 17.1 Å². The Balaban J connectivity index is 2.12. The summed E-state index contributed by atoms with van der Waals surface area (Å²) in [6.07, 6.45) is 10.3. The lowest BCUT2D eigenvalue weighted by molar-refractivity contribution is 0.105. The lowest BCUT2D eigenvalue weighted by atomic mass is 9.92. The third-order valence-corrected chi connectivity index (χ3v) is 3.37. The molecule has 0 amide bonds. The summed E-state index contributed by atoms with van der Waals surface area (Å²) in [5.74, 6) is 0.144.